The molecule has 0 radical (unpaired) electrons. The van der Waals surface area contributed by atoms with Crippen LogP contribution in [-0.4, -0.2) is 23.5 Å². The third-order valence-electron chi connectivity index (χ3n) is 3.22. The number of carbonyl (C=O) groups excluding carboxylic acids is 1. The van der Waals surface area contributed by atoms with E-state index in [9.17, 15) is 14.9 Å². The maximum Gasteiger partial charge on any atom is 0.294 e. The molecule has 8 heteroatoms. The van der Waals surface area contributed by atoms with E-state index in [-0.39, 0.29) is 23.0 Å². The van der Waals surface area contributed by atoms with Crippen molar-refractivity contribution in [1.29, 1.82) is 0 Å². The van der Waals surface area contributed by atoms with E-state index in [4.69, 9.17) is 21.1 Å². The third-order valence-corrected chi connectivity index (χ3v) is 3.45. The molecule has 0 aliphatic carbocycles. The summed E-state index contributed by atoms with van der Waals surface area (Å²) < 4.78 is 11.0. The number of halogens is 1. The van der Waals surface area contributed by atoms with Gasteiger partial charge in [-0.05, 0) is 24.3 Å². The molecule has 1 amide bonds. The Labute approximate surface area is 135 Å². The van der Waals surface area contributed by atoms with E-state index in [1.54, 1.807) is 24.3 Å². The summed E-state index contributed by atoms with van der Waals surface area (Å²) in [4.78, 5) is 22.7. The van der Waals surface area contributed by atoms with Gasteiger partial charge in [0.15, 0.2) is 11.5 Å². The molecule has 0 spiro atoms. The van der Waals surface area contributed by atoms with Gasteiger partial charge in [0.05, 0.1) is 4.92 Å². The fraction of sp³-hybridized carbons (Fsp3) is 0.133. The van der Waals surface area contributed by atoms with Crippen LogP contribution in [0.15, 0.2) is 42.5 Å². The van der Waals surface area contributed by atoms with Crippen molar-refractivity contribution in [2.45, 2.75) is 6.10 Å². The second-order valence-electron chi connectivity index (χ2n) is 4.77. The number of hydrogen-bond donors (Lipinski definition) is 1. The summed E-state index contributed by atoms with van der Waals surface area (Å²) in [7, 11) is 0. The Balaban J connectivity index is 1.77. The molecule has 0 saturated heterocycles. The van der Waals surface area contributed by atoms with Crippen molar-refractivity contribution in [2.75, 3.05) is 11.9 Å². The second kappa shape index (κ2) is 6.13. The molecule has 2 aromatic rings. The lowest BCUT2D eigenvalue weighted by Crippen LogP contribution is -2.40. The summed E-state index contributed by atoms with van der Waals surface area (Å²) in [6.07, 6.45) is -0.903. The largest absolute Gasteiger partial charge is 0.485 e. The molecule has 0 fully saturated rings. The zero-order valence-corrected chi connectivity index (χ0v) is 12.4. The van der Waals surface area contributed by atoms with Crippen molar-refractivity contribution in [3.63, 3.8) is 0 Å². The zero-order valence-electron chi connectivity index (χ0n) is 11.7. The van der Waals surface area contributed by atoms with Crippen LogP contribution in [0.25, 0.3) is 0 Å². The van der Waals surface area contributed by atoms with Crippen LogP contribution >= 0.6 is 11.6 Å². The smallest absolute Gasteiger partial charge is 0.294 e. The van der Waals surface area contributed by atoms with Gasteiger partial charge in [-0.15, -0.1) is 0 Å². The number of nitrogens with one attached hydrogen (secondary N) is 1. The number of amides is 1. The quantitative estimate of drug-likeness (QED) is 0.688. The van der Waals surface area contributed by atoms with Crippen molar-refractivity contribution in [2.24, 2.45) is 0 Å². The average molecular weight is 335 g/mol. The Morgan fingerprint density at radius 3 is 2.74 bits per heavy atom. The van der Waals surface area contributed by atoms with Gasteiger partial charge in [-0.3, -0.25) is 14.9 Å². The SMILES string of the molecule is O=C(Nc1ccc(Cl)cc1[N+](=O)[O-])[C@@H]1COc2ccccc2O1. The highest BCUT2D eigenvalue weighted by molar-refractivity contribution is 6.31. The van der Waals surface area contributed by atoms with Crippen LogP contribution in [0.3, 0.4) is 0 Å². The minimum absolute atomic E-state index is 0.0181. The van der Waals surface area contributed by atoms with Gasteiger partial charge in [-0.25, -0.2) is 0 Å². The summed E-state index contributed by atoms with van der Waals surface area (Å²) in [5.74, 6) is 0.462. The summed E-state index contributed by atoms with van der Waals surface area (Å²) in [5.41, 5.74) is -0.241. The topological polar surface area (TPSA) is 90.7 Å². The standard InChI is InChI=1S/C15H11ClN2O5/c16-9-5-6-10(11(7-9)18(20)21)17-15(19)14-8-22-12-3-1-2-4-13(12)23-14/h1-7,14H,8H2,(H,17,19)/t14-/m0/s1. The van der Waals surface area contributed by atoms with Gasteiger partial charge >= 0.3 is 0 Å². The van der Waals surface area contributed by atoms with E-state index in [2.05, 4.69) is 5.32 Å². The molecule has 0 aromatic heterocycles. The van der Waals surface area contributed by atoms with Crippen LogP contribution in [-0.2, 0) is 4.79 Å². The van der Waals surface area contributed by atoms with Crippen molar-refractivity contribution >= 4 is 28.9 Å². The first-order valence-corrected chi connectivity index (χ1v) is 7.05. The van der Waals surface area contributed by atoms with Gasteiger partial charge in [0.2, 0.25) is 6.10 Å². The number of hydrogen-bond acceptors (Lipinski definition) is 5. The minimum Gasteiger partial charge on any atom is -0.485 e. The summed E-state index contributed by atoms with van der Waals surface area (Å²) >= 11 is 5.74. The molecule has 118 valence electrons. The molecule has 1 heterocycles. The van der Waals surface area contributed by atoms with Gasteiger partial charge in [0, 0.05) is 11.1 Å². The van der Waals surface area contributed by atoms with Crippen molar-refractivity contribution in [1.82, 2.24) is 0 Å². The first kappa shape index (κ1) is 15.1. The van der Waals surface area contributed by atoms with Crippen LogP contribution in [0, 0.1) is 10.1 Å². The molecular weight excluding hydrogens is 324 g/mol. The number of nitrogens with zero attached hydrogens (tertiary/aromatic N) is 1. The number of benzene rings is 2. The summed E-state index contributed by atoms with van der Waals surface area (Å²) in [6.45, 7) is 0.0181. The van der Waals surface area contributed by atoms with Crippen molar-refractivity contribution < 1.29 is 19.2 Å². The van der Waals surface area contributed by atoms with Crippen LogP contribution in [0.2, 0.25) is 5.02 Å². The van der Waals surface area contributed by atoms with Gasteiger partial charge < -0.3 is 14.8 Å². The van der Waals surface area contributed by atoms with E-state index in [0.717, 1.165) is 0 Å². The molecule has 1 N–H and O–H groups in total. The normalized spacial score (nSPS) is 15.8. The molecule has 0 unspecified atom stereocenters. The van der Waals surface area contributed by atoms with Gasteiger partial charge in [0.1, 0.15) is 12.3 Å². The summed E-state index contributed by atoms with van der Waals surface area (Å²) in [6, 6.07) is 11.0. The molecular formula is C15H11ClN2O5. The van der Waals surface area contributed by atoms with Gasteiger partial charge in [0.25, 0.3) is 11.6 Å². The lowest BCUT2D eigenvalue weighted by molar-refractivity contribution is -0.383. The Kier molecular flexibility index (Phi) is 4.03. The monoisotopic (exact) mass is 334 g/mol. The zero-order chi connectivity index (χ0) is 16.4. The maximum atomic E-state index is 12.3. The average Bonchev–Trinajstić information content (AvgIpc) is 2.55. The van der Waals surface area contributed by atoms with E-state index in [0.29, 0.717) is 11.5 Å². The van der Waals surface area contributed by atoms with Gasteiger partial charge in [-0.2, -0.15) is 0 Å². The number of nitro groups is 1. The molecule has 0 saturated carbocycles. The number of nitro benzene ring substituents is 1. The first-order chi connectivity index (χ1) is 11.0. The van der Waals surface area contributed by atoms with Crippen LogP contribution < -0.4 is 14.8 Å². The molecule has 0 bridgehead atoms. The van der Waals surface area contributed by atoms with E-state index in [1.807, 2.05) is 0 Å². The third kappa shape index (κ3) is 3.19. The number of rotatable bonds is 3. The van der Waals surface area contributed by atoms with Crippen LogP contribution in [0.4, 0.5) is 11.4 Å². The minimum atomic E-state index is -0.903. The molecule has 1 atom stereocenters. The highest BCUT2D eigenvalue weighted by Crippen LogP contribution is 2.32. The number of para-hydroxylation sites is 2. The lowest BCUT2D eigenvalue weighted by Gasteiger charge is -2.25. The number of fused-ring (bicyclic) bond motifs is 1. The number of carbonyl (C=O) groups is 1. The molecule has 7 nitrogen and oxygen atoms in total. The maximum absolute atomic E-state index is 12.3. The summed E-state index contributed by atoms with van der Waals surface area (Å²) in [5, 5.41) is 13.7. The Bertz CT molecular complexity index is 780. The molecule has 1 aliphatic heterocycles. The van der Waals surface area contributed by atoms with Gasteiger partial charge in [-0.1, -0.05) is 23.7 Å². The Morgan fingerprint density at radius 2 is 2.00 bits per heavy atom. The lowest BCUT2D eigenvalue weighted by atomic mass is 10.2. The number of anilines is 1. The predicted molar refractivity (Wildman–Crippen MR) is 83.1 cm³/mol. The second-order valence-corrected chi connectivity index (χ2v) is 5.21. The predicted octanol–water partition coefficient (Wildman–Crippen LogP) is 3.03. The molecule has 3 rings (SSSR count). The molecule has 23 heavy (non-hydrogen) atoms. The van der Waals surface area contributed by atoms with E-state index in [1.165, 1.54) is 18.2 Å². The van der Waals surface area contributed by atoms with Crippen LogP contribution in [0.1, 0.15) is 0 Å². The van der Waals surface area contributed by atoms with Crippen molar-refractivity contribution in [3.05, 3.63) is 57.6 Å². The van der Waals surface area contributed by atoms with E-state index >= 15 is 0 Å². The highest BCUT2D eigenvalue weighted by atomic mass is 35.5. The molecule has 1 aliphatic rings. The number of ether oxygens (including phenoxy) is 2. The van der Waals surface area contributed by atoms with Crippen LogP contribution in [0.5, 0.6) is 11.5 Å². The van der Waals surface area contributed by atoms with E-state index < -0.39 is 16.9 Å². The fourth-order valence-corrected chi connectivity index (χ4v) is 2.29. The first-order valence-electron chi connectivity index (χ1n) is 6.68. The highest BCUT2D eigenvalue weighted by Gasteiger charge is 2.28. The Hall–Kier alpha value is -2.80. The Morgan fingerprint density at radius 1 is 1.26 bits per heavy atom. The fourth-order valence-electron chi connectivity index (χ4n) is 2.12. The molecule has 2 aromatic carbocycles. The van der Waals surface area contributed by atoms with Crippen molar-refractivity contribution in [3.8, 4) is 11.5 Å².